The summed E-state index contributed by atoms with van der Waals surface area (Å²) in [7, 11) is 0. The van der Waals surface area contributed by atoms with Gasteiger partial charge in [-0.3, -0.25) is 4.79 Å². The molecule has 4 heteroatoms. The van der Waals surface area contributed by atoms with Gasteiger partial charge in [0.25, 0.3) is 5.95 Å². The van der Waals surface area contributed by atoms with Crippen molar-refractivity contribution in [1.82, 2.24) is 0 Å². The van der Waals surface area contributed by atoms with E-state index in [9.17, 15) is 15.0 Å². The molecule has 0 saturated heterocycles. The van der Waals surface area contributed by atoms with Crippen LogP contribution in [0.5, 0.6) is 11.7 Å². The first kappa shape index (κ1) is 21.6. The summed E-state index contributed by atoms with van der Waals surface area (Å²) >= 11 is 0. The summed E-state index contributed by atoms with van der Waals surface area (Å²) in [6.45, 7) is 3.78. The third kappa shape index (κ3) is 8.46. The number of ketones is 1. The van der Waals surface area contributed by atoms with Crippen LogP contribution in [-0.4, -0.2) is 16.0 Å². The van der Waals surface area contributed by atoms with Gasteiger partial charge in [-0.05, 0) is 13.3 Å². The molecule has 2 N–H and O–H groups in total. The summed E-state index contributed by atoms with van der Waals surface area (Å²) in [5.41, 5.74) is -0.0589. The third-order valence-corrected chi connectivity index (χ3v) is 4.82. The van der Waals surface area contributed by atoms with Gasteiger partial charge in [0.15, 0.2) is 11.5 Å². The van der Waals surface area contributed by atoms with Crippen molar-refractivity contribution in [3.63, 3.8) is 0 Å². The number of hydrogen-bond donors (Lipinski definition) is 2. The summed E-state index contributed by atoms with van der Waals surface area (Å²) < 4.78 is 4.87. The van der Waals surface area contributed by atoms with Gasteiger partial charge >= 0.3 is 0 Å². The van der Waals surface area contributed by atoms with E-state index in [1.165, 1.54) is 71.1 Å². The molecule has 0 unspecified atom stereocenters. The topological polar surface area (TPSA) is 70.7 Å². The van der Waals surface area contributed by atoms with E-state index in [4.69, 9.17) is 4.42 Å². The predicted molar refractivity (Wildman–Crippen MR) is 101 cm³/mol. The van der Waals surface area contributed by atoms with Gasteiger partial charge in [-0.2, -0.15) is 0 Å². The van der Waals surface area contributed by atoms with Crippen molar-refractivity contribution in [1.29, 1.82) is 0 Å². The fourth-order valence-corrected chi connectivity index (χ4v) is 3.20. The van der Waals surface area contributed by atoms with Crippen LogP contribution in [0.2, 0.25) is 0 Å². The molecule has 0 bridgehead atoms. The van der Waals surface area contributed by atoms with Gasteiger partial charge < -0.3 is 14.6 Å². The molecule has 0 aliphatic carbocycles. The highest BCUT2D eigenvalue weighted by Crippen LogP contribution is 2.34. The van der Waals surface area contributed by atoms with Crippen molar-refractivity contribution in [3.05, 3.63) is 11.3 Å². The zero-order valence-electron chi connectivity index (χ0n) is 16.1. The number of aryl methyl sites for hydroxylation is 1. The lowest BCUT2D eigenvalue weighted by Crippen LogP contribution is -1.98. The lowest BCUT2D eigenvalue weighted by molar-refractivity contribution is 0.0972. The number of carbonyl (C=O) groups is 1. The SMILES string of the molecule is CCCCCCCCCCCCCCCC(=O)c1c(O)oc(C)c1O. The van der Waals surface area contributed by atoms with Gasteiger partial charge in [0.2, 0.25) is 0 Å². The molecule has 0 atom stereocenters. The molecule has 1 heterocycles. The summed E-state index contributed by atoms with van der Waals surface area (Å²) in [5.74, 6) is -0.743. The molecule has 0 saturated carbocycles. The van der Waals surface area contributed by atoms with E-state index in [0.717, 1.165) is 19.3 Å². The van der Waals surface area contributed by atoms with Gasteiger partial charge in [-0.15, -0.1) is 0 Å². The third-order valence-electron chi connectivity index (χ3n) is 4.82. The van der Waals surface area contributed by atoms with E-state index >= 15 is 0 Å². The molecule has 4 nitrogen and oxygen atoms in total. The number of aromatic hydroxyl groups is 2. The Hall–Kier alpha value is -1.45. The van der Waals surface area contributed by atoms with E-state index in [-0.39, 0.29) is 22.9 Å². The smallest absolute Gasteiger partial charge is 0.297 e. The first-order chi connectivity index (χ1) is 12.1. The average Bonchev–Trinajstić information content (AvgIpc) is 2.84. The van der Waals surface area contributed by atoms with Crippen molar-refractivity contribution in [3.8, 4) is 11.7 Å². The van der Waals surface area contributed by atoms with Crippen LogP contribution in [0.3, 0.4) is 0 Å². The van der Waals surface area contributed by atoms with E-state index in [0.29, 0.717) is 6.42 Å². The lowest BCUT2D eigenvalue weighted by Gasteiger charge is -2.03. The van der Waals surface area contributed by atoms with Crippen LogP contribution in [0.15, 0.2) is 4.42 Å². The van der Waals surface area contributed by atoms with E-state index in [1.807, 2.05) is 0 Å². The number of rotatable bonds is 15. The largest absolute Gasteiger partial charge is 0.504 e. The Balaban J connectivity index is 1.96. The number of furan rings is 1. The molecule has 1 rings (SSSR count). The highest BCUT2D eigenvalue weighted by molar-refractivity contribution is 6.00. The van der Waals surface area contributed by atoms with Gasteiger partial charge in [-0.1, -0.05) is 84.0 Å². The Kier molecular flexibility index (Phi) is 11.1. The summed E-state index contributed by atoms with van der Waals surface area (Å²) in [6, 6.07) is 0. The molecule has 1 aromatic heterocycles. The van der Waals surface area contributed by atoms with Crippen LogP contribution in [-0.2, 0) is 0 Å². The maximum absolute atomic E-state index is 12.0. The molecule has 0 spiro atoms. The second-order valence-corrected chi connectivity index (χ2v) is 7.10. The minimum Gasteiger partial charge on any atom is -0.504 e. The van der Waals surface area contributed by atoms with Crippen molar-refractivity contribution < 1.29 is 19.4 Å². The van der Waals surface area contributed by atoms with E-state index in [2.05, 4.69) is 6.92 Å². The van der Waals surface area contributed by atoms with Crippen LogP contribution in [0.25, 0.3) is 0 Å². The fourth-order valence-electron chi connectivity index (χ4n) is 3.20. The summed E-state index contributed by atoms with van der Waals surface area (Å²) in [5, 5.41) is 19.3. The molecule has 0 aliphatic heterocycles. The van der Waals surface area contributed by atoms with Crippen molar-refractivity contribution in [2.45, 2.75) is 104 Å². The highest BCUT2D eigenvalue weighted by atomic mass is 16.5. The zero-order valence-corrected chi connectivity index (χ0v) is 16.1. The van der Waals surface area contributed by atoms with E-state index < -0.39 is 5.95 Å². The Morgan fingerprint density at radius 3 is 1.64 bits per heavy atom. The minimum absolute atomic E-state index is 0.0589. The van der Waals surface area contributed by atoms with Gasteiger partial charge in [0.1, 0.15) is 11.3 Å². The quantitative estimate of drug-likeness (QED) is 0.273. The van der Waals surface area contributed by atoms with Gasteiger partial charge in [0.05, 0.1) is 0 Å². The first-order valence-electron chi connectivity index (χ1n) is 10.1. The minimum atomic E-state index is -0.463. The van der Waals surface area contributed by atoms with Gasteiger partial charge in [-0.25, -0.2) is 0 Å². The standard InChI is InChI=1S/C21H36O4/c1-3-4-5-6-7-8-9-10-11-12-13-14-15-16-18(22)19-20(23)17(2)25-21(19)24/h23-24H,3-16H2,1-2H3. The van der Waals surface area contributed by atoms with Crippen LogP contribution < -0.4 is 0 Å². The Morgan fingerprint density at radius 1 is 0.800 bits per heavy atom. The first-order valence-corrected chi connectivity index (χ1v) is 10.1. The molecule has 0 fully saturated rings. The second kappa shape index (κ2) is 12.8. The molecule has 0 aromatic carbocycles. The van der Waals surface area contributed by atoms with Crippen molar-refractivity contribution in [2.24, 2.45) is 0 Å². The number of Topliss-reactive ketones (excluding diaryl/α,β-unsaturated/α-hetero) is 1. The zero-order chi connectivity index (χ0) is 18.5. The summed E-state index contributed by atoms with van der Waals surface area (Å²) in [6.07, 6.45) is 16.7. The van der Waals surface area contributed by atoms with Crippen LogP contribution >= 0.6 is 0 Å². The fraction of sp³-hybridized carbons (Fsp3) is 0.762. The molecule has 0 radical (unpaired) electrons. The van der Waals surface area contributed by atoms with Gasteiger partial charge in [0, 0.05) is 6.42 Å². The van der Waals surface area contributed by atoms with Crippen molar-refractivity contribution >= 4 is 5.78 Å². The second-order valence-electron chi connectivity index (χ2n) is 7.10. The number of hydrogen-bond acceptors (Lipinski definition) is 4. The molecule has 25 heavy (non-hydrogen) atoms. The predicted octanol–water partition coefficient (Wildman–Crippen LogP) is 6.66. The maximum atomic E-state index is 12.0. The Labute approximate surface area is 152 Å². The molecular formula is C21H36O4. The number of carbonyl (C=O) groups excluding carboxylic acids is 1. The molecule has 0 aliphatic rings. The van der Waals surface area contributed by atoms with Crippen molar-refractivity contribution in [2.75, 3.05) is 0 Å². The van der Waals surface area contributed by atoms with Crippen LogP contribution in [0.4, 0.5) is 0 Å². The molecule has 1 aromatic rings. The van der Waals surface area contributed by atoms with E-state index in [1.54, 1.807) is 0 Å². The average molecular weight is 353 g/mol. The molecule has 144 valence electrons. The molecular weight excluding hydrogens is 316 g/mol. The van der Waals surface area contributed by atoms with Crippen LogP contribution in [0, 0.1) is 6.92 Å². The van der Waals surface area contributed by atoms with Crippen LogP contribution in [0.1, 0.15) is 113 Å². The molecule has 0 amide bonds. The Morgan fingerprint density at radius 2 is 1.24 bits per heavy atom. The Bertz CT molecular complexity index is 490. The number of unbranched alkanes of at least 4 members (excludes halogenated alkanes) is 12. The maximum Gasteiger partial charge on any atom is 0.297 e. The normalized spacial score (nSPS) is 11.1. The lowest BCUT2D eigenvalue weighted by atomic mass is 10.0. The highest BCUT2D eigenvalue weighted by Gasteiger charge is 2.22. The monoisotopic (exact) mass is 352 g/mol. The summed E-state index contributed by atoms with van der Waals surface area (Å²) in [4.78, 5) is 12.0.